The van der Waals surface area contributed by atoms with E-state index in [4.69, 9.17) is 11.6 Å². The van der Waals surface area contributed by atoms with Crippen LogP contribution >= 0.6 is 11.6 Å². The third-order valence-corrected chi connectivity index (χ3v) is 3.81. The number of nitrogens with zero attached hydrogens (tertiary/aromatic N) is 2. The topological polar surface area (TPSA) is 29.9 Å². The molecule has 0 radical (unpaired) electrons. The molecule has 1 aromatic heterocycles. The lowest BCUT2D eigenvalue weighted by molar-refractivity contribution is 0.506. The second-order valence-corrected chi connectivity index (χ2v) is 5.17. The molecule has 4 heteroatoms. The minimum absolute atomic E-state index is 0.346. The van der Waals surface area contributed by atoms with Crippen molar-refractivity contribution in [3.05, 3.63) is 16.4 Å². The van der Waals surface area contributed by atoms with E-state index in [0.717, 1.165) is 35.9 Å². The molecule has 1 aromatic rings. The molecule has 0 aliphatic heterocycles. The fourth-order valence-corrected chi connectivity index (χ4v) is 2.18. The van der Waals surface area contributed by atoms with Crippen LogP contribution in [0.2, 0.25) is 5.02 Å². The van der Waals surface area contributed by atoms with Crippen LogP contribution in [0.3, 0.4) is 0 Å². The summed E-state index contributed by atoms with van der Waals surface area (Å²) in [6, 6.07) is 0. The van der Waals surface area contributed by atoms with E-state index >= 15 is 0 Å². The van der Waals surface area contributed by atoms with Crippen LogP contribution in [0.25, 0.3) is 0 Å². The first-order chi connectivity index (χ1) is 7.59. The van der Waals surface area contributed by atoms with Crippen LogP contribution in [0.15, 0.2) is 0 Å². The Kier molecular flexibility index (Phi) is 3.27. The van der Waals surface area contributed by atoms with Crippen LogP contribution in [0.4, 0.5) is 0 Å². The second kappa shape index (κ2) is 4.38. The first-order valence-corrected chi connectivity index (χ1v) is 6.46. The first kappa shape index (κ1) is 11.9. The predicted molar refractivity (Wildman–Crippen MR) is 66.8 cm³/mol. The van der Waals surface area contributed by atoms with Crippen LogP contribution in [0, 0.1) is 0 Å². The Labute approximate surface area is 102 Å². The number of hydrogen-bond donors (Lipinski definition) is 1. The molecule has 0 unspecified atom stereocenters. The monoisotopic (exact) mass is 241 g/mol. The van der Waals surface area contributed by atoms with Gasteiger partial charge in [-0.15, -0.1) is 0 Å². The smallest absolute Gasteiger partial charge is 0.0863 e. The van der Waals surface area contributed by atoms with E-state index < -0.39 is 0 Å². The van der Waals surface area contributed by atoms with Gasteiger partial charge in [0.1, 0.15) is 0 Å². The van der Waals surface area contributed by atoms with Gasteiger partial charge in [-0.3, -0.25) is 4.68 Å². The maximum absolute atomic E-state index is 6.33. The summed E-state index contributed by atoms with van der Waals surface area (Å²) in [5.41, 5.74) is 2.49. The summed E-state index contributed by atoms with van der Waals surface area (Å²) in [5, 5.41) is 8.92. The standard InChI is InChI=1S/C12H20ClN3/c1-4-9-11(13)10(16(5-2)15-9)8-14-12(3)6-7-12/h14H,4-8H2,1-3H3. The van der Waals surface area contributed by atoms with Crippen molar-refractivity contribution in [3.8, 4) is 0 Å². The van der Waals surface area contributed by atoms with E-state index in [1.54, 1.807) is 0 Å². The molecule has 0 atom stereocenters. The molecule has 1 heterocycles. The molecule has 0 bridgehead atoms. The highest BCUT2D eigenvalue weighted by atomic mass is 35.5. The lowest BCUT2D eigenvalue weighted by atomic mass is 10.2. The molecule has 16 heavy (non-hydrogen) atoms. The minimum atomic E-state index is 0.346. The van der Waals surface area contributed by atoms with E-state index in [1.807, 2.05) is 4.68 Å². The Balaban J connectivity index is 2.14. The molecular formula is C12H20ClN3. The van der Waals surface area contributed by atoms with Gasteiger partial charge in [-0.25, -0.2) is 0 Å². The molecule has 0 amide bonds. The normalized spacial score (nSPS) is 17.8. The van der Waals surface area contributed by atoms with Crippen LogP contribution in [-0.4, -0.2) is 15.3 Å². The summed E-state index contributed by atoms with van der Waals surface area (Å²) in [5.74, 6) is 0. The van der Waals surface area contributed by atoms with Gasteiger partial charge in [0.2, 0.25) is 0 Å². The highest BCUT2D eigenvalue weighted by Gasteiger charge is 2.36. The Morgan fingerprint density at radius 2 is 2.12 bits per heavy atom. The molecule has 3 nitrogen and oxygen atoms in total. The first-order valence-electron chi connectivity index (χ1n) is 6.08. The number of aromatic nitrogens is 2. The summed E-state index contributed by atoms with van der Waals surface area (Å²) in [4.78, 5) is 0. The Hall–Kier alpha value is -0.540. The van der Waals surface area contributed by atoms with E-state index in [-0.39, 0.29) is 0 Å². The number of rotatable bonds is 5. The SMILES string of the molecule is CCc1nn(CC)c(CNC2(C)CC2)c1Cl. The molecule has 1 saturated carbocycles. The number of halogens is 1. The fraction of sp³-hybridized carbons (Fsp3) is 0.750. The summed E-state index contributed by atoms with van der Waals surface area (Å²) in [6.45, 7) is 8.16. The summed E-state index contributed by atoms with van der Waals surface area (Å²) in [6.07, 6.45) is 3.44. The van der Waals surface area contributed by atoms with Gasteiger partial charge in [0, 0.05) is 18.6 Å². The highest BCUT2D eigenvalue weighted by molar-refractivity contribution is 6.31. The molecule has 2 rings (SSSR count). The Bertz CT molecular complexity index is 380. The molecule has 1 fully saturated rings. The minimum Gasteiger partial charge on any atom is -0.306 e. The van der Waals surface area contributed by atoms with E-state index in [2.05, 4.69) is 31.2 Å². The van der Waals surface area contributed by atoms with Crippen LogP contribution in [0.1, 0.15) is 45.0 Å². The van der Waals surface area contributed by atoms with Gasteiger partial charge < -0.3 is 5.32 Å². The average molecular weight is 242 g/mol. The second-order valence-electron chi connectivity index (χ2n) is 4.79. The van der Waals surface area contributed by atoms with Gasteiger partial charge in [-0.1, -0.05) is 18.5 Å². The van der Waals surface area contributed by atoms with Gasteiger partial charge in [-0.05, 0) is 33.1 Å². The van der Waals surface area contributed by atoms with Crippen molar-refractivity contribution in [1.29, 1.82) is 0 Å². The van der Waals surface area contributed by atoms with Crippen LogP contribution < -0.4 is 5.32 Å². The van der Waals surface area contributed by atoms with E-state index in [9.17, 15) is 0 Å². The Morgan fingerprint density at radius 3 is 2.62 bits per heavy atom. The lowest BCUT2D eigenvalue weighted by Gasteiger charge is -2.12. The molecular weight excluding hydrogens is 222 g/mol. The van der Waals surface area contributed by atoms with Gasteiger partial charge in [0.05, 0.1) is 16.4 Å². The number of nitrogens with one attached hydrogen (secondary N) is 1. The molecule has 0 aromatic carbocycles. The zero-order valence-corrected chi connectivity index (χ0v) is 11.1. The largest absolute Gasteiger partial charge is 0.306 e. The maximum Gasteiger partial charge on any atom is 0.0863 e. The van der Waals surface area contributed by atoms with Gasteiger partial charge in [0.25, 0.3) is 0 Å². The van der Waals surface area contributed by atoms with Crippen molar-refractivity contribution in [3.63, 3.8) is 0 Å². The molecule has 1 aliphatic carbocycles. The van der Waals surface area contributed by atoms with Crippen LogP contribution in [-0.2, 0) is 19.5 Å². The summed E-state index contributed by atoms with van der Waals surface area (Å²) < 4.78 is 2.01. The molecule has 90 valence electrons. The van der Waals surface area contributed by atoms with Gasteiger partial charge in [-0.2, -0.15) is 5.10 Å². The van der Waals surface area contributed by atoms with E-state index in [1.165, 1.54) is 12.8 Å². The number of hydrogen-bond acceptors (Lipinski definition) is 2. The Morgan fingerprint density at radius 1 is 1.44 bits per heavy atom. The van der Waals surface area contributed by atoms with Gasteiger partial charge in [0.15, 0.2) is 0 Å². The third kappa shape index (κ3) is 2.25. The lowest BCUT2D eigenvalue weighted by Crippen LogP contribution is -2.28. The highest BCUT2D eigenvalue weighted by Crippen LogP contribution is 2.35. The molecule has 1 N–H and O–H groups in total. The zero-order chi connectivity index (χ0) is 11.8. The maximum atomic E-state index is 6.33. The van der Waals surface area contributed by atoms with Crippen molar-refractivity contribution in [2.45, 2.75) is 58.7 Å². The van der Waals surface area contributed by atoms with Crippen molar-refractivity contribution in [2.75, 3.05) is 0 Å². The molecule has 1 aliphatic rings. The summed E-state index contributed by atoms with van der Waals surface area (Å²) in [7, 11) is 0. The van der Waals surface area contributed by atoms with Crippen LogP contribution in [0.5, 0.6) is 0 Å². The fourth-order valence-electron chi connectivity index (χ4n) is 1.85. The van der Waals surface area contributed by atoms with Crippen molar-refractivity contribution in [1.82, 2.24) is 15.1 Å². The van der Waals surface area contributed by atoms with Crippen molar-refractivity contribution in [2.24, 2.45) is 0 Å². The molecule has 0 saturated heterocycles. The van der Waals surface area contributed by atoms with Crippen molar-refractivity contribution < 1.29 is 0 Å². The van der Waals surface area contributed by atoms with Gasteiger partial charge >= 0.3 is 0 Å². The van der Waals surface area contributed by atoms with E-state index in [0.29, 0.717) is 5.54 Å². The zero-order valence-electron chi connectivity index (χ0n) is 10.3. The van der Waals surface area contributed by atoms with Crippen molar-refractivity contribution >= 4 is 11.6 Å². The quantitative estimate of drug-likeness (QED) is 0.859. The molecule has 0 spiro atoms. The predicted octanol–water partition coefficient (Wildman–Crippen LogP) is 2.76. The third-order valence-electron chi connectivity index (χ3n) is 3.38. The average Bonchev–Trinajstić information content (AvgIpc) is 2.92. The number of aryl methyl sites for hydroxylation is 2. The summed E-state index contributed by atoms with van der Waals surface area (Å²) >= 11 is 6.33.